The molecule has 4 nitrogen and oxygen atoms in total. The minimum atomic E-state index is -0.990. The van der Waals surface area contributed by atoms with Gasteiger partial charge in [-0.3, -0.25) is 9.79 Å². The van der Waals surface area contributed by atoms with Gasteiger partial charge in [0.05, 0.1) is 11.4 Å². The fourth-order valence-electron chi connectivity index (χ4n) is 2.53. The number of nitrogens with two attached hydrogens (primary N) is 1. The highest BCUT2D eigenvalue weighted by Gasteiger charge is 2.24. The molecule has 5 heteroatoms. The summed E-state index contributed by atoms with van der Waals surface area (Å²) < 4.78 is 12.9. The maximum absolute atomic E-state index is 12.9. The van der Waals surface area contributed by atoms with Crippen molar-refractivity contribution in [3.63, 3.8) is 0 Å². The number of aryl methyl sites for hydroxylation is 1. The fraction of sp³-hybridized carbons (Fsp3) is 0.176. The first-order valence-electron chi connectivity index (χ1n) is 6.99. The summed E-state index contributed by atoms with van der Waals surface area (Å²) in [7, 11) is 0. The Balaban J connectivity index is 2.22. The monoisotopic (exact) mass is 297 g/mol. The molecule has 0 saturated carbocycles. The highest BCUT2D eigenvalue weighted by molar-refractivity contribution is 6.20. The van der Waals surface area contributed by atoms with Gasteiger partial charge in [0.2, 0.25) is 0 Å². The topological polar surface area (TPSA) is 67.5 Å². The molecule has 2 aromatic carbocycles. The molecule has 1 atom stereocenters. The molecule has 22 heavy (non-hydrogen) atoms. The van der Waals surface area contributed by atoms with Crippen LogP contribution in [0.1, 0.15) is 22.3 Å². The molecule has 1 unspecified atom stereocenters. The van der Waals surface area contributed by atoms with Crippen LogP contribution >= 0.6 is 0 Å². The van der Waals surface area contributed by atoms with Crippen molar-refractivity contribution >= 4 is 17.3 Å². The third kappa shape index (κ3) is 2.51. The number of hydrogen-bond acceptors (Lipinski definition) is 3. The van der Waals surface area contributed by atoms with E-state index >= 15 is 0 Å². The van der Waals surface area contributed by atoms with Crippen molar-refractivity contribution in [1.82, 2.24) is 0 Å². The van der Waals surface area contributed by atoms with Gasteiger partial charge < -0.3 is 11.1 Å². The number of aliphatic imine (C=N–C) groups is 1. The predicted octanol–water partition coefficient (Wildman–Crippen LogP) is 2.54. The Kier molecular flexibility index (Phi) is 3.73. The second-order valence-corrected chi connectivity index (χ2v) is 5.24. The van der Waals surface area contributed by atoms with Gasteiger partial charge in [-0.25, -0.2) is 4.39 Å². The van der Waals surface area contributed by atoms with Gasteiger partial charge >= 0.3 is 0 Å². The quantitative estimate of drug-likeness (QED) is 0.894. The minimum absolute atomic E-state index is 0.354. The smallest absolute Gasteiger partial charge is 0.263 e. The molecule has 0 spiro atoms. The van der Waals surface area contributed by atoms with Crippen LogP contribution in [0.15, 0.2) is 47.5 Å². The molecule has 0 saturated heterocycles. The molecule has 0 fully saturated rings. The number of amides is 1. The van der Waals surface area contributed by atoms with Gasteiger partial charge in [0.15, 0.2) is 6.17 Å². The summed E-state index contributed by atoms with van der Waals surface area (Å²) in [6, 6.07) is 12.7. The first-order chi connectivity index (χ1) is 10.6. The van der Waals surface area contributed by atoms with Crippen molar-refractivity contribution < 1.29 is 9.18 Å². The summed E-state index contributed by atoms with van der Waals surface area (Å²) in [4.78, 5) is 16.4. The Morgan fingerprint density at radius 2 is 2.05 bits per heavy atom. The Morgan fingerprint density at radius 3 is 2.82 bits per heavy atom. The molecule has 1 aliphatic rings. The zero-order chi connectivity index (χ0) is 15.7. The van der Waals surface area contributed by atoms with Crippen molar-refractivity contribution in [3.8, 4) is 0 Å². The molecule has 0 bridgehead atoms. The van der Waals surface area contributed by atoms with E-state index in [1.54, 1.807) is 18.2 Å². The van der Waals surface area contributed by atoms with Gasteiger partial charge in [-0.05, 0) is 24.1 Å². The highest BCUT2D eigenvalue weighted by Crippen LogP contribution is 2.27. The SMILES string of the molecule is Cc1cccc2c1NC(=O)C(N)N=C2c1cccc(CF)c1. The minimum Gasteiger partial charge on any atom is -0.322 e. The average molecular weight is 297 g/mol. The summed E-state index contributed by atoms with van der Waals surface area (Å²) >= 11 is 0. The van der Waals surface area contributed by atoms with Crippen LogP contribution < -0.4 is 11.1 Å². The van der Waals surface area contributed by atoms with Crippen molar-refractivity contribution in [1.29, 1.82) is 0 Å². The van der Waals surface area contributed by atoms with E-state index in [1.165, 1.54) is 0 Å². The molecular weight excluding hydrogens is 281 g/mol. The van der Waals surface area contributed by atoms with E-state index in [4.69, 9.17) is 5.73 Å². The predicted molar refractivity (Wildman–Crippen MR) is 84.7 cm³/mol. The lowest BCUT2D eigenvalue weighted by molar-refractivity contribution is -0.117. The van der Waals surface area contributed by atoms with Crippen LogP contribution in [0.3, 0.4) is 0 Å². The summed E-state index contributed by atoms with van der Waals surface area (Å²) in [5.41, 5.74) is 10.1. The van der Waals surface area contributed by atoms with Crippen LogP contribution in [0.2, 0.25) is 0 Å². The van der Waals surface area contributed by atoms with Crippen molar-refractivity contribution in [3.05, 3.63) is 64.7 Å². The van der Waals surface area contributed by atoms with E-state index in [0.717, 1.165) is 16.7 Å². The molecule has 0 aliphatic carbocycles. The average Bonchev–Trinajstić information content (AvgIpc) is 2.66. The zero-order valence-electron chi connectivity index (χ0n) is 12.1. The van der Waals surface area contributed by atoms with Gasteiger partial charge in [0.25, 0.3) is 5.91 Å². The number of para-hydroxylation sites is 1. The van der Waals surface area contributed by atoms with Gasteiger partial charge in [-0.15, -0.1) is 0 Å². The number of carbonyl (C=O) groups is 1. The second-order valence-electron chi connectivity index (χ2n) is 5.24. The number of rotatable bonds is 2. The number of carbonyl (C=O) groups excluding carboxylic acids is 1. The number of alkyl halides is 1. The van der Waals surface area contributed by atoms with E-state index in [2.05, 4.69) is 10.3 Å². The normalized spacial score (nSPS) is 17.3. The maximum Gasteiger partial charge on any atom is 0.263 e. The van der Waals surface area contributed by atoms with E-state index in [1.807, 2.05) is 31.2 Å². The molecule has 1 amide bonds. The van der Waals surface area contributed by atoms with E-state index < -0.39 is 12.8 Å². The Morgan fingerprint density at radius 1 is 1.27 bits per heavy atom. The van der Waals surface area contributed by atoms with Crippen LogP contribution in [-0.4, -0.2) is 17.8 Å². The van der Waals surface area contributed by atoms with Gasteiger partial charge in [0, 0.05) is 11.1 Å². The number of hydrogen-bond donors (Lipinski definition) is 2. The first kappa shape index (κ1) is 14.4. The molecule has 1 aliphatic heterocycles. The summed E-state index contributed by atoms with van der Waals surface area (Å²) in [6.07, 6.45) is -0.990. The van der Waals surface area contributed by atoms with Crippen molar-refractivity contribution in [2.45, 2.75) is 19.8 Å². The first-order valence-corrected chi connectivity index (χ1v) is 6.99. The molecule has 3 N–H and O–H groups in total. The number of halogens is 1. The summed E-state index contributed by atoms with van der Waals surface area (Å²) in [5.74, 6) is -0.354. The van der Waals surface area contributed by atoms with Gasteiger partial charge in [0.1, 0.15) is 6.67 Å². The third-order valence-corrected chi connectivity index (χ3v) is 3.67. The largest absolute Gasteiger partial charge is 0.322 e. The Labute approximate surface area is 127 Å². The van der Waals surface area contributed by atoms with Gasteiger partial charge in [-0.1, -0.05) is 36.4 Å². The molecule has 0 aromatic heterocycles. The van der Waals surface area contributed by atoms with Crippen LogP contribution in [0, 0.1) is 6.92 Å². The maximum atomic E-state index is 12.9. The number of benzene rings is 2. The van der Waals surface area contributed by atoms with Gasteiger partial charge in [-0.2, -0.15) is 0 Å². The standard InChI is InChI=1S/C17H16FN3O/c1-10-4-2-7-13-14(10)21-17(22)16(19)20-15(13)12-6-3-5-11(8-12)9-18/h2-8,16H,9,19H2,1H3,(H,21,22). The molecule has 3 rings (SSSR count). The van der Waals surface area contributed by atoms with E-state index in [0.29, 0.717) is 17.0 Å². The number of nitrogens with one attached hydrogen (secondary N) is 1. The van der Waals surface area contributed by atoms with Crippen molar-refractivity contribution in [2.24, 2.45) is 10.7 Å². The summed E-state index contributed by atoms with van der Waals surface area (Å²) in [6.45, 7) is 1.36. The molecule has 112 valence electrons. The molecule has 1 heterocycles. The Bertz CT molecular complexity index is 770. The molecule has 2 aromatic rings. The second kappa shape index (κ2) is 5.69. The summed E-state index contributed by atoms with van der Waals surface area (Å²) in [5, 5.41) is 2.82. The number of anilines is 1. The van der Waals surface area contributed by atoms with Crippen LogP contribution in [0.25, 0.3) is 0 Å². The lowest BCUT2D eigenvalue weighted by atomic mass is 9.97. The fourth-order valence-corrected chi connectivity index (χ4v) is 2.53. The van der Waals surface area contributed by atoms with Crippen LogP contribution in [-0.2, 0) is 11.5 Å². The van der Waals surface area contributed by atoms with Crippen LogP contribution in [0.5, 0.6) is 0 Å². The molecular formula is C17H16FN3O. The van der Waals surface area contributed by atoms with E-state index in [-0.39, 0.29) is 5.91 Å². The number of nitrogens with zero attached hydrogens (tertiary/aromatic N) is 1. The van der Waals surface area contributed by atoms with Crippen molar-refractivity contribution in [2.75, 3.05) is 5.32 Å². The molecule has 0 radical (unpaired) electrons. The van der Waals surface area contributed by atoms with Crippen LogP contribution in [0.4, 0.5) is 10.1 Å². The zero-order valence-corrected chi connectivity index (χ0v) is 12.1. The number of fused-ring (bicyclic) bond motifs is 1. The highest BCUT2D eigenvalue weighted by atomic mass is 19.1. The Hall–Kier alpha value is -2.53. The lowest BCUT2D eigenvalue weighted by Gasteiger charge is -2.12. The third-order valence-electron chi connectivity index (χ3n) is 3.67. The number of benzodiazepines with no additional fused rings is 1. The lowest BCUT2D eigenvalue weighted by Crippen LogP contribution is -2.33. The van der Waals surface area contributed by atoms with E-state index in [9.17, 15) is 9.18 Å².